The minimum atomic E-state index is -1.91. The minimum absolute atomic E-state index is 0.00340. The number of aryl methyl sites for hydroxylation is 1. The summed E-state index contributed by atoms with van der Waals surface area (Å²) in [6, 6.07) is 23.1. The second-order valence-corrected chi connectivity index (χ2v) is 37.2. The van der Waals surface area contributed by atoms with Crippen LogP contribution in [-0.4, -0.2) is 319 Å². The summed E-state index contributed by atoms with van der Waals surface area (Å²) in [7, 11) is 4.93. The molecule has 2 aliphatic rings. The fourth-order valence-electron chi connectivity index (χ4n) is 16.6. The highest BCUT2D eigenvalue weighted by molar-refractivity contribution is 8.00. The predicted octanol–water partition coefficient (Wildman–Crippen LogP) is -1.33. The van der Waals surface area contributed by atoms with Crippen molar-refractivity contribution in [3.63, 3.8) is 0 Å². The summed E-state index contributed by atoms with van der Waals surface area (Å²) in [5, 5.41) is 82.2. The number of carboxylic acid groups (broad SMARTS) is 1. The number of aromatic hydroxyl groups is 2. The molecule has 1 aromatic heterocycles. The Morgan fingerprint density at radius 2 is 0.965 bits per heavy atom. The molecule has 0 radical (unpaired) electrons. The highest BCUT2D eigenvalue weighted by Gasteiger charge is 2.45. The van der Waals surface area contributed by atoms with Gasteiger partial charge in [-0.1, -0.05) is 147 Å². The molecule has 14 atom stereocenters. The number of nitrogens with one attached hydrogen (secondary N) is 14. The van der Waals surface area contributed by atoms with Crippen LogP contribution in [0.2, 0.25) is 0 Å². The number of carboxylic acids is 1. The molecule has 44 heteroatoms. The number of carbonyl (C=O) groups is 18. The number of aliphatic hydroxyl groups excluding tert-OH is 1. The van der Waals surface area contributed by atoms with Gasteiger partial charge < -0.3 is 125 Å². The molecule has 22 N–H and O–H groups in total. The molecule has 43 nitrogen and oxygen atoms in total. The molecular formula is C100H129N21O22S. The van der Waals surface area contributed by atoms with Crippen LogP contribution in [0.25, 0.3) is 10.9 Å². The number of aliphatic hydroxyl groups is 1. The summed E-state index contributed by atoms with van der Waals surface area (Å²) >= 11 is 0.790. The number of hydrogen-bond acceptors (Lipinski definition) is 23. The van der Waals surface area contributed by atoms with E-state index in [9.17, 15) is 78.0 Å². The fourth-order valence-corrected chi connectivity index (χ4v) is 17.5. The largest absolute Gasteiger partial charge is 0.508 e. The third-order valence-corrected chi connectivity index (χ3v) is 25.6. The number of para-hydroxylation sites is 1. The number of hydrogen-bond donors (Lipinski definition) is 20. The highest BCUT2D eigenvalue weighted by atomic mass is 32.2. The lowest BCUT2D eigenvalue weighted by molar-refractivity contribution is -0.150. The Morgan fingerprint density at radius 1 is 0.479 bits per heavy atom. The van der Waals surface area contributed by atoms with Gasteiger partial charge in [-0.25, -0.2) is 0 Å². The van der Waals surface area contributed by atoms with Crippen LogP contribution in [0.3, 0.4) is 0 Å². The maximum Gasteiger partial charge on any atom is 0.303 e. The number of phenolic OH excluding ortho intramolecular Hbond substituents is 2. The SMILES string of the molecule is CC(C)[C@@H]1NC(=O)[C@H](Cc2ccccc2)NC(=O)CSC[C@@H](C(=O)NCC(N)=O)NC(=O)[C@@H]2CCCN2C(=O)[C@H](Cc2ccccc2)N(C)C(=O)[C@H]([C@@H](C)O)NC(=O)[C@H](Cc2c[nH]c3ccccc23)NC(=O)[C@H](CCc2ccc(O)cc2)NC(=O)[C@H](C)NC(=O)[C@H](CCCNC(=N)N)NC(=O)CN(C)C(=O)[C@H](Cc2ccccc2)N(C)C(=O)[C@H](Cc2ccc(O)cc2)NC(=O)CN(C)C(=O)[C@H](CCC(=O)O)NC1=O. The summed E-state index contributed by atoms with van der Waals surface area (Å²) in [6.07, 6.45) is -2.89. The maximum absolute atomic E-state index is 15.6. The molecule has 3 heterocycles. The Balaban J connectivity index is 1.09. The lowest BCUT2D eigenvalue weighted by Gasteiger charge is -2.36. The van der Waals surface area contributed by atoms with E-state index in [-0.39, 0.29) is 95.2 Å². The number of guanidine groups is 1. The number of rotatable bonds is 25. The predicted molar refractivity (Wildman–Crippen MR) is 531 cm³/mol. The number of aromatic nitrogens is 1. The summed E-state index contributed by atoms with van der Waals surface area (Å²) < 4.78 is 0. The van der Waals surface area contributed by atoms with Gasteiger partial charge in [0.25, 0.3) is 0 Å². The van der Waals surface area contributed by atoms with Crippen molar-refractivity contribution in [2.24, 2.45) is 17.4 Å². The number of benzene rings is 6. The summed E-state index contributed by atoms with van der Waals surface area (Å²) in [5.41, 5.74) is 14.6. The van der Waals surface area contributed by atoms with Crippen LogP contribution in [0, 0.1) is 11.3 Å². The average Bonchev–Trinajstić information content (AvgIpc) is 1.49. The van der Waals surface area contributed by atoms with Crippen LogP contribution in [0.15, 0.2) is 170 Å². The van der Waals surface area contributed by atoms with Crippen LogP contribution in [0.4, 0.5) is 0 Å². The van der Waals surface area contributed by atoms with E-state index in [1.807, 2.05) is 0 Å². The van der Waals surface area contributed by atoms with Crippen molar-refractivity contribution in [3.8, 4) is 11.5 Å². The van der Waals surface area contributed by atoms with Crippen LogP contribution < -0.4 is 75.3 Å². The van der Waals surface area contributed by atoms with Gasteiger partial charge in [-0.05, 0) is 128 Å². The summed E-state index contributed by atoms with van der Waals surface area (Å²) in [6.45, 7) is 3.10. The standard InChI is InChI=1S/C100H129N21O22S/c1-57(2)85-94(138)112-72(42-43-84(129)130)95(139)117(5)53-82(127)110-75(47-64-34-39-67(124)40-35-64)96(140)119(7)78(48-62-24-14-10-15-25-62)97(141)118(6)54-81(126)108-70(30-20-44-104-100(102)103)89(133)107-58(3)87(131)111-71(41-36-60-32-37-66(123)38-33-60)90(134)113-74(50-65-51-105-69-29-19-18-28-68(65)69)92(136)116-86(59(4)122)99(143)120(8)79(49-63-26-16-11-17-27-63)98(142)121-45-21-31-77(121)93(137)114-76(88(132)106-52-80(101)125)55-144-56-83(128)109-73(91(135)115-85)46-61-22-12-9-13-23-61/h9-19,22-29,32-35,37-40,51,57-59,70-79,85-86,105,122-124H,20-21,30-31,36,41-50,52-56H2,1-8H3,(H2,101,125)(H,106,132)(H,107,133)(H,108,126)(H,109,128)(H,110,127)(H,111,131)(H,112,138)(H,113,134)(H,114,137)(H,115,135)(H,116,136)(H,129,130)(H4,102,103,104)/t58-,59+,70-,71-,72-,73-,74-,75-,76-,77-,78-,79-,85-,86-/m0/s1. The summed E-state index contributed by atoms with van der Waals surface area (Å²) in [5.74, 6) is -19.9. The number of amides is 17. The number of aliphatic carboxylic acids is 1. The maximum atomic E-state index is 15.6. The molecule has 2 saturated heterocycles. The zero-order valence-corrected chi connectivity index (χ0v) is 82.2. The van der Waals surface area contributed by atoms with Gasteiger partial charge in [0.05, 0.1) is 31.5 Å². The monoisotopic (exact) mass is 2010 g/mol. The van der Waals surface area contributed by atoms with Crippen molar-refractivity contribution in [2.75, 3.05) is 72.4 Å². The number of fused-ring (bicyclic) bond motifs is 2. The van der Waals surface area contributed by atoms with Crippen molar-refractivity contribution in [3.05, 3.63) is 203 Å². The van der Waals surface area contributed by atoms with E-state index in [0.29, 0.717) is 44.3 Å². The van der Waals surface area contributed by atoms with Gasteiger partial charge in [0, 0.05) is 103 Å². The molecule has 0 spiro atoms. The fraction of sp³-hybridized carbons (Fsp3) is 0.430. The number of H-pyrrole nitrogens is 1. The van der Waals surface area contributed by atoms with Crippen molar-refractivity contribution < 1.29 is 107 Å². The Bertz CT molecular complexity index is 5690. The molecule has 0 unspecified atom stereocenters. The van der Waals surface area contributed by atoms with Gasteiger partial charge in [0.2, 0.25) is 100 Å². The lowest BCUT2D eigenvalue weighted by Crippen LogP contribution is -2.62. The first-order valence-electron chi connectivity index (χ1n) is 47.2. The molecule has 2 fully saturated rings. The number of phenols is 2. The molecule has 7 aromatic rings. The number of carbonyl (C=O) groups excluding carboxylic acids is 17. The molecular weight excluding hydrogens is 1880 g/mol. The molecule has 0 saturated carbocycles. The summed E-state index contributed by atoms with van der Waals surface area (Å²) in [4.78, 5) is 272. The second kappa shape index (κ2) is 54.5. The molecule has 6 aromatic carbocycles. The van der Waals surface area contributed by atoms with Gasteiger partial charge in [-0.15, -0.1) is 11.8 Å². The van der Waals surface area contributed by atoms with Crippen molar-refractivity contribution >= 4 is 135 Å². The first-order chi connectivity index (χ1) is 68.5. The second-order valence-electron chi connectivity index (χ2n) is 36.1. The minimum Gasteiger partial charge on any atom is -0.508 e. The molecule has 17 amide bonds. The zero-order chi connectivity index (χ0) is 105. The van der Waals surface area contributed by atoms with E-state index >= 15 is 28.8 Å². The quantitative estimate of drug-likeness (QED) is 0.0179. The molecule has 0 aliphatic carbocycles. The van der Waals surface area contributed by atoms with Gasteiger partial charge in [-0.3, -0.25) is 91.7 Å². The highest BCUT2D eigenvalue weighted by Crippen LogP contribution is 2.27. The van der Waals surface area contributed by atoms with E-state index in [2.05, 4.69) is 68.8 Å². The van der Waals surface area contributed by atoms with E-state index in [1.54, 1.807) is 147 Å². The number of aromatic amines is 1. The van der Waals surface area contributed by atoms with Crippen LogP contribution in [0.5, 0.6) is 11.5 Å². The molecule has 772 valence electrons. The van der Waals surface area contributed by atoms with Gasteiger partial charge in [-0.2, -0.15) is 0 Å². The van der Waals surface area contributed by atoms with Gasteiger partial charge >= 0.3 is 5.97 Å². The number of nitrogens with two attached hydrogens (primary N) is 2. The van der Waals surface area contributed by atoms with Crippen molar-refractivity contribution in [2.45, 2.75) is 196 Å². The number of likely N-dealkylation sites (N-methyl/N-ethyl adjacent to an activating group) is 4. The number of nitrogens with zero attached hydrogens (tertiary/aromatic N) is 5. The number of primary amides is 1. The van der Waals surface area contributed by atoms with Gasteiger partial charge in [0.15, 0.2) is 5.96 Å². The molecule has 2 aliphatic heterocycles. The average molecular weight is 2010 g/mol. The van der Waals surface area contributed by atoms with Crippen LogP contribution in [-0.2, 0) is 125 Å². The van der Waals surface area contributed by atoms with Crippen molar-refractivity contribution in [1.82, 2.24) is 93.3 Å². The van der Waals surface area contributed by atoms with Gasteiger partial charge in [0.1, 0.15) is 90.0 Å². The molecule has 9 rings (SSSR count). The molecule has 144 heavy (non-hydrogen) atoms. The first-order valence-corrected chi connectivity index (χ1v) is 48.4. The van der Waals surface area contributed by atoms with Crippen LogP contribution in [0.1, 0.15) is 106 Å². The Morgan fingerprint density at radius 3 is 1.54 bits per heavy atom. The third kappa shape index (κ3) is 33.9. The normalized spacial score (nSPS) is 22.8. The van der Waals surface area contributed by atoms with E-state index < -0.39 is 247 Å². The third-order valence-electron chi connectivity index (χ3n) is 24.6. The van der Waals surface area contributed by atoms with Crippen LogP contribution >= 0.6 is 11.8 Å². The topological polar surface area (TPSA) is 640 Å². The Kier molecular flexibility index (Phi) is 42.4. The smallest absolute Gasteiger partial charge is 0.303 e. The molecule has 0 bridgehead atoms. The Hall–Kier alpha value is -15.5. The van der Waals surface area contributed by atoms with E-state index in [1.165, 1.54) is 76.3 Å². The Labute approximate surface area is 836 Å². The zero-order valence-electron chi connectivity index (χ0n) is 81.4. The first kappa shape index (κ1) is 112. The number of thioether (sulfide) groups is 1. The van der Waals surface area contributed by atoms with E-state index in [0.717, 1.165) is 38.4 Å². The van der Waals surface area contributed by atoms with E-state index in [4.69, 9.17) is 16.9 Å². The lowest BCUT2D eigenvalue weighted by atomic mass is 10.00. The van der Waals surface area contributed by atoms with Crippen molar-refractivity contribution in [1.29, 1.82) is 5.41 Å².